The molecule has 0 radical (unpaired) electrons. The Labute approximate surface area is 119 Å². The summed E-state index contributed by atoms with van der Waals surface area (Å²) in [5.74, 6) is 0. The molecular formula is C14H18N2O3S. The van der Waals surface area contributed by atoms with Crippen LogP contribution < -0.4 is 4.90 Å². The number of pyridine rings is 1. The van der Waals surface area contributed by atoms with E-state index < -0.39 is 10.1 Å². The van der Waals surface area contributed by atoms with Gasteiger partial charge in [0.25, 0.3) is 10.1 Å². The van der Waals surface area contributed by atoms with Gasteiger partial charge in [0, 0.05) is 32.2 Å². The van der Waals surface area contributed by atoms with Crippen molar-refractivity contribution in [1.82, 2.24) is 4.98 Å². The van der Waals surface area contributed by atoms with Gasteiger partial charge in [0.1, 0.15) is 0 Å². The van der Waals surface area contributed by atoms with Gasteiger partial charge in [-0.05, 0) is 36.8 Å². The van der Waals surface area contributed by atoms with Crippen molar-refractivity contribution in [1.29, 1.82) is 0 Å². The Bertz CT molecular complexity index is 614. The van der Waals surface area contributed by atoms with Gasteiger partial charge < -0.3 is 4.90 Å². The third kappa shape index (κ3) is 4.99. The topological polar surface area (TPSA) is 70.5 Å². The van der Waals surface area contributed by atoms with Gasteiger partial charge in [-0.3, -0.25) is 9.54 Å². The number of hydrogen-bond donors (Lipinski definition) is 1. The lowest BCUT2D eigenvalue weighted by Crippen LogP contribution is -2.11. The third-order valence-electron chi connectivity index (χ3n) is 2.53. The van der Waals surface area contributed by atoms with E-state index in [1.165, 1.54) is 12.1 Å². The minimum atomic E-state index is -4.10. The van der Waals surface area contributed by atoms with Gasteiger partial charge in [-0.1, -0.05) is 12.1 Å². The number of anilines is 1. The lowest BCUT2D eigenvalue weighted by molar-refractivity contribution is 0.483. The van der Waals surface area contributed by atoms with Gasteiger partial charge in [0.2, 0.25) is 0 Å². The van der Waals surface area contributed by atoms with Crippen LogP contribution in [0.15, 0.2) is 53.7 Å². The molecule has 6 heteroatoms. The number of hydrogen-bond acceptors (Lipinski definition) is 4. The summed E-state index contributed by atoms with van der Waals surface area (Å²) in [7, 11) is -0.471. The molecule has 1 N–H and O–H groups in total. The maximum Gasteiger partial charge on any atom is 0.294 e. The summed E-state index contributed by atoms with van der Waals surface area (Å²) in [6.07, 6.45) is 3.50. The van der Waals surface area contributed by atoms with Crippen LogP contribution in [0.3, 0.4) is 0 Å². The van der Waals surface area contributed by atoms with Gasteiger partial charge in [0.05, 0.1) is 4.90 Å². The van der Waals surface area contributed by atoms with Crippen molar-refractivity contribution in [2.45, 2.75) is 11.8 Å². The van der Waals surface area contributed by atoms with Crippen LogP contribution in [0.4, 0.5) is 5.69 Å². The Morgan fingerprint density at radius 3 is 2.05 bits per heavy atom. The first-order valence-electron chi connectivity index (χ1n) is 5.93. The minimum Gasteiger partial charge on any atom is -0.377 e. The van der Waals surface area contributed by atoms with Crippen molar-refractivity contribution in [3.8, 4) is 0 Å². The van der Waals surface area contributed by atoms with Crippen LogP contribution in [-0.4, -0.2) is 32.0 Å². The average molecular weight is 294 g/mol. The molecule has 0 aliphatic rings. The Balaban J connectivity index is 0.000000276. The number of rotatable bonds is 2. The zero-order chi connectivity index (χ0) is 15.2. The Morgan fingerprint density at radius 2 is 1.70 bits per heavy atom. The smallest absolute Gasteiger partial charge is 0.294 e. The highest BCUT2D eigenvalue weighted by Gasteiger charge is 2.11. The maximum atomic E-state index is 10.9. The fourth-order valence-corrected chi connectivity index (χ4v) is 2.04. The van der Waals surface area contributed by atoms with E-state index in [-0.39, 0.29) is 4.90 Å². The summed E-state index contributed by atoms with van der Waals surface area (Å²) in [5, 5.41) is 0. The standard InChI is InChI=1S/C9H13NO3S.C5H5N/c1-7-4-5-8(14(11,12)13)6-9(7)10(2)3;1-2-4-6-5-3-1/h4-6H,1-3H3,(H,11,12,13);1-5H. The Hall–Kier alpha value is -1.92. The molecule has 0 fully saturated rings. The highest BCUT2D eigenvalue weighted by molar-refractivity contribution is 7.85. The molecule has 0 atom stereocenters. The van der Waals surface area contributed by atoms with Crippen molar-refractivity contribution in [3.05, 3.63) is 54.4 Å². The highest BCUT2D eigenvalue weighted by atomic mass is 32.2. The van der Waals surface area contributed by atoms with Crippen molar-refractivity contribution < 1.29 is 13.0 Å². The van der Waals surface area contributed by atoms with Crippen molar-refractivity contribution in [2.75, 3.05) is 19.0 Å². The largest absolute Gasteiger partial charge is 0.377 e. The van der Waals surface area contributed by atoms with E-state index in [2.05, 4.69) is 4.98 Å². The molecule has 0 aliphatic heterocycles. The molecule has 108 valence electrons. The average Bonchev–Trinajstić information content (AvgIpc) is 2.40. The molecule has 1 aromatic heterocycles. The highest BCUT2D eigenvalue weighted by Crippen LogP contribution is 2.21. The summed E-state index contributed by atoms with van der Waals surface area (Å²) in [5.41, 5.74) is 1.74. The lowest BCUT2D eigenvalue weighted by Gasteiger charge is -2.15. The summed E-state index contributed by atoms with van der Waals surface area (Å²) in [4.78, 5) is 5.50. The molecule has 0 aliphatic carbocycles. The molecule has 1 heterocycles. The molecular weight excluding hydrogens is 276 g/mol. The first kappa shape index (κ1) is 16.1. The molecule has 0 saturated heterocycles. The van der Waals surface area contributed by atoms with Gasteiger partial charge in [-0.25, -0.2) is 0 Å². The predicted molar refractivity (Wildman–Crippen MR) is 79.6 cm³/mol. The second-order valence-electron chi connectivity index (χ2n) is 4.34. The van der Waals surface area contributed by atoms with Gasteiger partial charge >= 0.3 is 0 Å². The van der Waals surface area contributed by atoms with Gasteiger partial charge in [0.15, 0.2) is 0 Å². The molecule has 2 aromatic rings. The van der Waals surface area contributed by atoms with E-state index >= 15 is 0 Å². The first-order chi connectivity index (χ1) is 9.32. The van der Waals surface area contributed by atoms with E-state index in [1.807, 2.05) is 39.2 Å². The normalized spacial score (nSPS) is 10.4. The summed E-state index contributed by atoms with van der Waals surface area (Å²) < 4.78 is 30.6. The maximum absolute atomic E-state index is 10.9. The molecule has 5 nitrogen and oxygen atoms in total. The fraction of sp³-hybridized carbons (Fsp3) is 0.214. The summed E-state index contributed by atoms with van der Waals surface area (Å²) in [6, 6.07) is 10.2. The van der Waals surface area contributed by atoms with E-state index in [0.29, 0.717) is 0 Å². The second kappa shape index (κ2) is 7.02. The predicted octanol–water partition coefficient (Wildman–Crippen LogP) is 2.39. The van der Waals surface area contributed by atoms with E-state index in [9.17, 15) is 8.42 Å². The molecule has 0 saturated carbocycles. The Morgan fingerprint density at radius 1 is 1.10 bits per heavy atom. The summed E-state index contributed by atoms with van der Waals surface area (Å²) >= 11 is 0. The molecule has 1 aromatic carbocycles. The molecule has 0 unspecified atom stereocenters. The number of benzene rings is 1. The van der Waals surface area contributed by atoms with Crippen LogP contribution in [0, 0.1) is 6.92 Å². The van der Waals surface area contributed by atoms with Crippen molar-refractivity contribution in [3.63, 3.8) is 0 Å². The molecule has 20 heavy (non-hydrogen) atoms. The monoisotopic (exact) mass is 294 g/mol. The van der Waals surface area contributed by atoms with Crippen molar-refractivity contribution >= 4 is 15.8 Å². The molecule has 0 bridgehead atoms. The SMILES string of the molecule is Cc1ccc(S(=O)(=O)O)cc1N(C)C.c1ccncc1. The van der Waals surface area contributed by atoms with Crippen LogP contribution >= 0.6 is 0 Å². The van der Waals surface area contributed by atoms with Crippen LogP contribution in [0.5, 0.6) is 0 Å². The van der Waals surface area contributed by atoms with Gasteiger partial charge in [-0.2, -0.15) is 8.42 Å². The van der Waals surface area contributed by atoms with E-state index in [1.54, 1.807) is 23.4 Å². The van der Waals surface area contributed by atoms with Crippen LogP contribution in [0.25, 0.3) is 0 Å². The second-order valence-corrected chi connectivity index (χ2v) is 5.76. The zero-order valence-corrected chi connectivity index (χ0v) is 12.5. The summed E-state index contributed by atoms with van der Waals surface area (Å²) in [6.45, 7) is 1.88. The molecule has 0 spiro atoms. The van der Waals surface area contributed by atoms with Crippen molar-refractivity contribution in [2.24, 2.45) is 0 Å². The van der Waals surface area contributed by atoms with Crippen LogP contribution in [0.1, 0.15) is 5.56 Å². The first-order valence-corrected chi connectivity index (χ1v) is 7.37. The number of aryl methyl sites for hydroxylation is 1. The van der Waals surface area contributed by atoms with Gasteiger partial charge in [-0.15, -0.1) is 0 Å². The Kier molecular flexibility index (Phi) is 5.66. The van der Waals surface area contributed by atoms with Crippen LogP contribution in [-0.2, 0) is 10.1 Å². The zero-order valence-electron chi connectivity index (χ0n) is 11.7. The van der Waals surface area contributed by atoms with E-state index in [0.717, 1.165) is 11.3 Å². The van der Waals surface area contributed by atoms with E-state index in [4.69, 9.17) is 4.55 Å². The minimum absolute atomic E-state index is 0.0770. The quantitative estimate of drug-likeness (QED) is 0.861. The van der Waals surface area contributed by atoms with Crippen LogP contribution in [0.2, 0.25) is 0 Å². The lowest BCUT2D eigenvalue weighted by atomic mass is 10.2. The molecule has 0 amide bonds. The fourth-order valence-electron chi connectivity index (χ4n) is 1.54. The molecule has 2 rings (SSSR count). The number of nitrogens with zero attached hydrogens (tertiary/aromatic N) is 2. The number of aromatic nitrogens is 1. The third-order valence-corrected chi connectivity index (χ3v) is 3.38.